The fourth-order valence-electron chi connectivity index (χ4n) is 3.02. The zero-order valence-electron chi connectivity index (χ0n) is 16.5. The summed E-state index contributed by atoms with van der Waals surface area (Å²) in [7, 11) is 0. The lowest BCUT2D eigenvalue weighted by molar-refractivity contribution is -0.160. The molecule has 0 saturated carbocycles. The van der Waals surface area contributed by atoms with Gasteiger partial charge in [0.15, 0.2) is 11.8 Å². The van der Waals surface area contributed by atoms with Crippen molar-refractivity contribution in [1.29, 1.82) is 0 Å². The fraction of sp³-hybridized carbons (Fsp3) is 0.611. The van der Waals surface area contributed by atoms with E-state index in [0.29, 0.717) is 23.4 Å². The van der Waals surface area contributed by atoms with Gasteiger partial charge in [0, 0.05) is 25.4 Å². The molecule has 1 N–H and O–H groups in total. The smallest absolute Gasteiger partial charge is 0.422 e. The minimum atomic E-state index is -4.54. The summed E-state index contributed by atoms with van der Waals surface area (Å²) in [5.74, 6) is 2.60. The van der Waals surface area contributed by atoms with Gasteiger partial charge in [0.25, 0.3) is 0 Å². The molecule has 1 fully saturated rings. The zero-order chi connectivity index (χ0) is 21.6. The minimum absolute atomic E-state index is 0.130. The second-order valence-electron chi connectivity index (χ2n) is 7.08. The van der Waals surface area contributed by atoms with E-state index < -0.39 is 18.9 Å². The Labute approximate surface area is 176 Å². The molecule has 1 aliphatic heterocycles. The molecule has 12 heteroatoms. The predicted octanol–water partition coefficient (Wildman–Crippen LogP) is 3.54. The summed E-state index contributed by atoms with van der Waals surface area (Å²) < 4.78 is 47.7. The molecule has 0 radical (unpaired) electrons. The van der Waals surface area contributed by atoms with Crippen molar-refractivity contribution < 1.29 is 27.1 Å². The number of thioether (sulfide) groups is 1. The number of piperidine rings is 1. The highest BCUT2D eigenvalue weighted by molar-refractivity contribution is 7.99. The van der Waals surface area contributed by atoms with Crippen LogP contribution in [0.3, 0.4) is 0 Å². The quantitative estimate of drug-likeness (QED) is 0.489. The standard InChI is InChI=1S/C18H24F3N5O3S/c1-13-4-7-25(8-5-13)15-23-24-16(26(15)11-14-3-2-9-28-14)30-10-6-22-17(27)29-12-18(19,20)21/h2-3,9,13H,4-8,10-12H2,1H3,(H,22,27). The van der Waals surface area contributed by atoms with Gasteiger partial charge in [-0.15, -0.1) is 10.2 Å². The van der Waals surface area contributed by atoms with Gasteiger partial charge in [0.1, 0.15) is 5.76 Å². The lowest BCUT2D eigenvalue weighted by Gasteiger charge is -2.31. The molecule has 30 heavy (non-hydrogen) atoms. The summed E-state index contributed by atoms with van der Waals surface area (Å²) >= 11 is 1.35. The van der Waals surface area contributed by atoms with Gasteiger partial charge in [0.2, 0.25) is 5.95 Å². The Kier molecular flexibility index (Phi) is 7.51. The van der Waals surface area contributed by atoms with Crippen molar-refractivity contribution >= 4 is 23.8 Å². The number of hydrogen-bond donors (Lipinski definition) is 1. The van der Waals surface area contributed by atoms with Crippen LogP contribution >= 0.6 is 11.8 Å². The molecule has 3 rings (SSSR count). The molecular formula is C18H24F3N5O3S. The summed E-state index contributed by atoms with van der Waals surface area (Å²) in [6, 6.07) is 3.68. The maximum Gasteiger partial charge on any atom is 0.422 e. The number of anilines is 1. The van der Waals surface area contributed by atoms with Gasteiger partial charge in [-0.2, -0.15) is 13.2 Å². The second-order valence-corrected chi connectivity index (χ2v) is 8.15. The maximum absolute atomic E-state index is 12.1. The number of aromatic nitrogens is 3. The topological polar surface area (TPSA) is 85.4 Å². The zero-order valence-corrected chi connectivity index (χ0v) is 17.3. The van der Waals surface area contributed by atoms with E-state index in [-0.39, 0.29) is 6.54 Å². The first kappa shape index (κ1) is 22.3. The van der Waals surface area contributed by atoms with Crippen LogP contribution in [0.4, 0.5) is 23.9 Å². The van der Waals surface area contributed by atoms with Gasteiger partial charge in [-0.3, -0.25) is 4.57 Å². The fourth-order valence-corrected chi connectivity index (χ4v) is 3.81. The molecule has 0 unspecified atom stereocenters. The van der Waals surface area contributed by atoms with Gasteiger partial charge in [-0.1, -0.05) is 18.7 Å². The molecule has 1 aliphatic rings. The van der Waals surface area contributed by atoms with Crippen LogP contribution in [0.25, 0.3) is 0 Å². The Morgan fingerprint density at radius 1 is 1.37 bits per heavy atom. The van der Waals surface area contributed by atoms with Crippen molar-refractivity contribution in [2.24, 2.45) is 5.92 Å². The summed E-state index contributed by atoms with van der Waals surface area (Å²) in [4.78, 5) is 13.5. The van der Waals surface area contributed by atoms with Gasteiger partial charge in [-0.25, -0.2) is 4.79 Å². The molecule has 0 spiro atoms. The molecule has 0 aromatic carbocycles. The van der Waals surface area contributed by atoms with E-state index in [2.05, 4.69) is 32.1 Å². The SMILES string of the molecule is CC1CCN(c2nnc(SCCNC(=O)OCC(F)(F)F)n2Cc2ccco2)CC1. The Balaban J connectivity index is 1.58. The predicted molar refractivity (Wildman–Crippen MR) is 105 cm³/mol. The number of halogens is 3. The number of nitrogens with zero attached hydrogens (tertiary/aromatic N) is 4. The summed E-state index contributed by atoms with van der Waals surface area (Å²) in [5, 5.41) is 11.6. The van der Waals surface area contributed by atoms with Gasteiger partial charge >= 0.3 is 12.3 Å². The molecule has 0 aliphatic carbocycles. The number of carbonyl (C=O) groups excluding carboxylic acids is 1. The number of amides is 1. The number of furan rings is 1. The molecule has 0 atom stereocenters. The van der Waals surface area contributed by atoms with Crippen molar-refractivity contribution in [3.8, 4) is 0 Å². The summed E-state index contributed by atoms with van der Waals surface area (Å²) in [6.07, 6.45) is -1.88. The van der Waals surface area contributed by atoms with Gasteiger partial charge in [0.05, 0.1) is 12.8 Å². The molecule has 1 amide bonds. The number of carbonyl (C=O) groups is 1. The van der Waals surface area contributed by atoms with Gasteiger partial charge in [-0.05, 0) is 30.9 Å². The van der Waals surface area contributed by atoms with Crippen molar-refractivity contribution in [3.05, 3.63) is 24.2 Å². The van der Waals surface area contributed by atoms with E-state index in [1.54, 1.807) is 6.26 Å². The molecule has 1 saturated heterocycles. The number of rotatable bonds is 8. The third kappa shape index (κ3) is 6.57. The second kappa shape index (κ2) is 10.1. The third-order valence-electron chi connectivity index (χ3n) is 4.63. The molecule has 8 nitrogen and oxygen atoms in total. The van der Waals surface area contributed by atoms with Gasteiger partial charge < -0.3 is 19.4 Å². The third-order valence-corrected chi connectivity index (χ3v) is 5.60. The highest BCUT2D eigenvalue weighted by atomic mass is 32.2. The highest BCUT2D eigenvalue weighted by Gasteiger charge is 2.29. The number of nitrogens with one attached hydrogen (secondary N) is 1. The van der Waals surface area contributed by atoms with Crippen LogP contribution in [0.15, 0.2) is 28.0 Å². The highest BCUT2D eigenvalue weighted by Crippen LogP contribution is 2.27. The Morgan fingerprint density at radius 2 is 2.13 bits per heavy atom. The van der Waals surface area contributed by atoms with E-state index in [9.17, 15) is 18.0 Å². The normalized spacial score (nSPS) is 15.4. The molecule has 2 aromatic rings. The molecular weight excluding hydrogens is 423 g/mol. The number of hydrogen-bond acceptors (Lipinski definition) is 7. The van der Waals surface area contributed by atoms with E-state index in [4.69, 9.17) is 4.42 Å². The van der Waals surface area contributed by atoms with Crippen LogP contribution in [0, 0.1) is 5.92 Å². The van der Waals surface area contributed by atoms with Crippen molar-refractivity contribution in [2.75, 3.05) is 36.9 Å². The lowest BCUT2D eigenvalue weighted by atomic mass is 10.00. The first-order valence-corrected chi connectivity index (χ1v) is 10.6. The van der Waals surface area contributed by atoms with E-state index >= 15 is 0 Å². The van der Waals surface area contributed by atoms with Crippen LogP contribution < -0.4 is 10.2 Å². The largest absolute Gasteiger partial charge is 0.467 e. The van der Waals surface area contributed by atoms with Crippen LogP contribution in [0.1, 0.15) is 25.5 Å². The lowest BCUT2D eigenvalue weighted by Crippen LogP contribution is -2.35. The first-order valence-electron chi connectivity index (χ1n) is 9.62. The van der Waals surface area contributed by atoms with E-state index in [1.807, 2.05) is 16.7 Å². The average Bonchev–Trinajstić information content (AvgIpc) is 3.34. The van der Waals surface area contributed by atoms with Crippen molar-refractivity contribution in [2.45, 2.75) is 37.6 Å². The molecule has 166 valence electrons. The average molecular weight is 447 g/mol. The van der Waals surface area contributed by atoms with E-state index in [0.717, 1.165) is 37.6 Å². The van der Waals surface area contributed by atoms with Crippen molar-refractivity contribution in [3.63, 3.8) is 0 Å². The molecule has 0 bridgehead atoms. The Bertz CT molecular complexity index is 805. The summed E-state index contributed by atoms with van der Waals surface area (Å²) in [5.41, 5.74) is 0. The van der Waals surface area contributed by atoms with Crippen molar-refractivity contribution in [1.82, 2.24) is 20.1 Å². The number of ether oxygens (including phenoxy) is 1. The van der Waals surface area contributed by atoms with Crippen LogP contribution in [0.2, 0.25) is 0 Å². The molecule has 2 aromatic heterocycles. The van der Waals surface area contributed by atoms with Crippen LogP contribution in [0.5, 0.6) is 0 Å². The molecule has 3 heterocycles. The minimum Gasteiger partial charge on any atom is -0.467 e. The van der Waals surface area contributed by atoms with Crippen LogP contribution in [-0.4, -0.2) is 59.0 Å². The first-order chi connectivity index (χ1) is 14.3. The monoisotopic (exact) mass is 447 g/mol. The Morgan fingerprint density at radius 3 is 2.80 bits per heavy atom. The summed E-state index contributed by atoms with van der Waals surface area (Å²) in [6.45, 7) is 3.01. The number of alkyl halides is 3. The maximum atomic E-state index is 12.1. The van der Waals surface area contributed by atoms with E-state index in [1.165, 1.54) is 11.8 Å². The Hall–Kier alpha value is -2.37. The number of alkyl carbamates (subject to hydrolysis) is 1. The van der Waals surface area contributed by atoms with Crippen LogP contribution in [-0.2, 0) is 11.3 Å².